The lowest BCUT2D eigenvalue weighted by Crippen LogP contribution is -2.55. The summed E-state index contributed by atoms with van der Waals surface area (Å²) in [6, 6.07) is 12.7. The van der Waals surface area contributed by atoms with Gasteiger partial charge >= 0.3 is 6.03 Å². The van der Waals surface area contributed by atoms with Gasteiger partial charge in [-0.25, -0.2) is 4.79 Å². The number of ether oxygens (including phenoxy) is 1. The molecular weight excluding hydrogens is 456 g/mol. The van der Waals surface area contributed by atoms with Crippen LogP contribution in [-0.4, -0.2) is 55.0 Å². The zero-order valence-electron chi connectivity index (χ0n) is 19.6. The Morgan fingerprint density at radius 3 is 2.29 bits per heavy atom. The summed E-state index contributed by atoms with van der Waals surface area (Å²) in [4.78, 5) is 40.2. The Morgan fingerprint density at radius 2 is 1.71 bits per heavy atom. The average molecular weight is 487 g/mol. The minimum Gasteiger partial charge on any atom is -0.497 e. The van der Waals surface area contributed by atoms with Crippen molar-refractivity contribution in [2.75, 3.05) is 25.5 Å². The van der Waals surface area contributed by atoms with E-state index in [1.807, 2.05) is 13.8 Å². The smallest absolute Gasteiger partial charge is 0.321 e. The quantitative estimate of drug-likeness (QED) is 0.552. The second-order valence-corrected chi connectivity index (χ2v) is 9.04. The summed E-state index contributed by atoms with van der Waals surface area (Å²) in [5.74, 6) is -0.00313. The zero-order valence-corrected chi connectivity index (χ0v) is 20.4. The molecule has 1 atom stereocenters. The van der Waals surface area contributed by atoms with Gasteiger partial charge in [0, 0.05) is 35.4 Å². The van der Waals surface area contributed by atoms with Crippen molar-refractivity contribution < 1.29 is 19.1 Å². The number of methoxy groups -OCH3 is 1. The Hall–Kier alpha value is -3.26. The van der Waals surface area contributed by atoms with Gasteiger partial charge in [0.1, 0.15) is 11.8 Å². The lowest BCUT2D eigenvalue weighted by atomic mass is 9.88. The molecule has 182 valence electrons. The largest absolute Gasteiger partial charge is 0.497 e. The third kappa shape index (κ3) is 6.87. The predicted octanol–water partition coefficient (Wildman–Crippen LogP) is 3.92. The van der Waals surface area contributed by atoms with Crippen molar-refractivity contribution in [3.63, 3.8) is 0 Å². The number of carbonyl (C=O) groups excluding carboxylic acids is 3. The van der Waals surface area contributed by atoms with Crippen molar-refractivity contribution in [2.24, 2.45) is 5.92 Å². The van der Waals surface area contributed by atoms with E-state index < -0.39 is 6.04 Å². The number of hydrogen-bond acceptors (Lipinski definition) is 4. The monoisotopic (exact) mass is 486 g/mol. The number of nitrogens with zero attached hydrogens (tertiary/aromatic N) is 1. The highest BCUT2D eigenvalue weighted by molar-refractivity contribution is 6.30. The van der Waals surface area contributed by atoms with Crippen LogP contribution in [0, 0.1) is 5.92 Å². The number of amides is 4. The number of piperidine rings is 1. The molecule has 2 aromatic carbocycles. The maximum Gasteiger partial charge on any atom is 0.321 e. The summed E-state index contributed by atoms with van der Waals surface area (Å²) in [7, 11) is 1.56. The van der Waals surface area contributed by atoms with E-state index in [2.05, 4.69) is 16.0 Å². The molecule has 1 aliphatic heterocycles. The highest BCUT2D eigenvalue weighted by Gasteiger charge is 2.34. The van der Waals surface area contributed by atoms with Crippen LogP contribution in [0.4, 0.5) is 10.5 Å². The van der Waals surface area contributed by atoms with Crippen LogP contribution in [0.5, 0.6) is 5.75 Å². The molecule has 34 heavy (non-hydrogen) atoms. The van der Waals surface area contributed by atoms with Gasteiger partial charge in [-0.2, -0.15) is 0 Å². The second kappa shape index (κ2) is 11.7. The minimum atomic E-state index is -0.699. The first-order valence-corrected chi connectivity index (χ1v) is 11.7. The second-order valence-electron chi connectivity index (χ2n) is 8.61. The fraction of sp³-hybridized carbons (Fsp3) is 0.400. The molecular formula is C25H31ClN4O4. The predicted molar refractivity (Wildman–Crippen MR) is 132 cm³/mol. The molecule has 9 heteroatoms. The number of rotatable bonds is 7. The first-order chi connectivity index (χ1) is 16.3. The molecule has 0 aromatic heterocycles. The van der Waals surface area contributed by atoms with Gasteiger partial charge in [-0.1, -0.05) is 17.7 Å². The van der Waals surface area contributed by atoms with Crippen molar-refractivity contribution in [3.05, 3.63) is 59.1 Å². The summed E-state index contributed by atoms with van der Waals surface area (Å²) in [5, 5.41) is 9.21. The number of urea groups is 1. The van der Waals surface area contributed by atoms with Crippen molar-refractivity contribution >= 4 is 35.1 Å². The Bertz CT molecular complexity index is 1000. The highest BCUT2D eigenvalue weighted by Crippen LogP contribution is 2.23. The normalized spacial score (nSPS) is 14.9. The van der Waals surface area contributed by atoms with Gasteiger partial charge in [0.2, 0.25) is 5.91 Å². The molecule has 3 rings (SSSR count). The molecule has 8 nitrogen and oxygen atoms in total. The molecule has 1 aliphatic rings. The molecule has 0 bridgehead atoms. The van der Waals surface area contributed by atoms with E-state index in [1.54, 1.807) is 60.5 Å². The van der Waals surface area contributed by atoms with Crippen LogP contribution in [-0.2, 0) is 4.79 Å². The Balaban J connectivity index is 1.64. The van der Waals surface area contributed by atoms with E-state index in [9.17, 15) is 14.4 Å². The molecule has 2 aromatic rings. The molecule has 0 spiro atoms. The molecule has 1 saturated heterocycles. The number of hydrogen-bond donors (Lipinski definition) is 3. The van der Waals surface area contributed by atoms with E-state index in [0.717, 1.165) is 0 Å². The Morgan fingerprint density at radius 1 is 1.03 bits per heavy atom. The lowest BCUT2D eigenvalue weighted by Gasteiger charge is -2.36. The summed E-state index contributed by atoms with van der Waals surface area (Å²) < 4.78 is 5.14. The summed E-state index contributed by atoms with van der Waals surface area (Å²) in [6.45, 7) is 4.70. The number of carbonyl (C=O) groups is 3. The molecule has 0 saturated carbocycles. The third-order valence-electron chi connectivity index (χ3n) is 5.73. The lowest BCUT2D eigenvalue weighted by molar-refractivity contribution is -0.125. The van der Waals surface area contributed by atoms with Crippen LogP contribution in [0.25, 0.3) is 0 Å². The van der Waals surface area contributed by atoms with Crippen LogP contribution in [0.15, 0.2) is 48.5 Å². The topological polar surface area (TPSA) is 99.8 Å². The average Bonchev–Trinajstić information content (AvgIpc) is 2.82. The number of benzene rings is 2. The van der Waals surface area contributed by atoms with Gasteiger partial charge in [0.25, 0.3) is 5.91 Å². The number of halogens is 1. The highest BCUT2D eigenvalue weighted by atomic mass is 35.5. The number of likely N-dealkylation sites (tertiary alicyclic amines) is 1. The van der Waals surface area contributed by atoms with Crippen LogP contribution in [0.2, 0.25) is 5.02 Å². The van der Waals surface area contributed by atoms with E-state index in [1.165, 1.54) is 0 Å². The van der Waals surface area contributed by atoms with Crippen LogP contribution < -0.4 is 20.7 Å². The van der Waals surface area contributed by atoms with Gasteiger partial charge in [0.15, 0.2) is 0 Å². The maximum absolute atomic E-state index is 13.0. The van der Waals surface area contributed by atoms with Crippen LogP contribution >= 0.6 is 11.6 Å². The van der Waals surface area contributed by atoms with Crippen LogP contribution in [0.1, 0.15) is 37.0 Å². The molecule has 0 aliphatic carbocycles. The van der Waals surface area contributed by atoms with Gasteiger partial charge in [-0.3, -0.25) is 9.59 Å². The van der Waals surface area contributed by atoms with Gasteiger partial charge in [0.05, 0.1) is 7.11 Å². The van der Waals surface area contributed by atoms with E-state index >= 15 is 0 Å². The molecule has 0 radical (unpaired) electrons. The van der Waals surface area contributed by atoms with E-state index in [0.29, 0.717) is 48.0 Å². The minimum absolute atomic E-state index is 0.0588. The first kappa shape index (κ1) is 25.4. The summed E-state index contributed by atoms with van der Waals surface area (Å²) in [6.07, 6.45) is 1.17. The van der Waals surface area contributed by atoms with E-state index in [4.69, 9.17) is 16.3 Å². The SMILES string of the molecule is COc1ccc(C(=O)NC(C(=O)NC(C)C)C2CCN(C(=O)Nc3cccc(Cl)c3)CC2)cc1. The van der Waals surface area contributed by atoms with Crippen molar-refractivity contribution in [2.45, 2.75) is 38.8 Å². The molecule has 1 heterocycles. The van der Waals surface area contributed by atoms with Crippen LogP contribution in [0.3, 0.4) is 0 Å². The summed E-state index contributed by atoms with van der Waals surface area (Å²) >= 11 is 5.99. The molecule has 1 unspecified atom stereocenters. The standard InChI is InChI=1S/C25H31ClN4O4/c1-16(2)27-24(32)22(29-23(31)18-7-9-21(34-3)10-8-18)17-11-13-30(14-12-17)25(33)28-20-6-4-5-19(26)15-20/h4-10,15-17,22H,11-14H2,1-3H3,(H,27,32)(H,28,33)(H,29,31). The van der Waals surface area contributed by atoms with Gasteiger partial charge in [-0.05, 0) is 75.1 Å². The third-order valence-corrected chi connectivity index (χ3v) is 5.96. The molecule has 1 fully saturated rings. The summed E-state index contributed by atoms with van der Waals surface area (Å²) in [5.41, 5.74) is 1.07. The maximum atomic E-state index is 13.0. The van der Waals surface area contributed by atoms with Crippen molar-refractivity contribution in [1.82, 2.24) is 15.5 Å². The number of anilines is 1. The number of nitrogens with one attached hydrogen (secondary N) is 3. The van der Waals surface area contributed by atoms with Crippen molar-refractivity contribution in [3.8, 4) is 5.75 Å². The first-order valence-electron chi connectivity index (χ1n) is 11.3. The zero-order chi connectivity index (χ0) is 24.7. The fourth-order valence-electron chi connectivity index (χ4n) is 3.94. The van der Waals surface area contributed by atoms with Crippen molar-refractivity contribution in [1.29, 1.82) is 0 Å². The fourth-order valence-corrected chi connectivity index (χ4v) is 4.13. The van der Waals surface area contributed by atoms with E-state index in [-0.39, 0.29) is 29.8 Å². The Labute approximate surface area is 205 Å². The van der Waals surface area contributed by atoms with Gasteiger partial charge in [-0.15, -0.1) is 0 Å². The molecule has 3 N–H and O–H groups in total. The van der Waals surface area contributed by atoms with Gasteiger partial charge < -0.3 is 25.6 Å². The Kier molecular flexibility index (Phi) is 8.76. The molecule has 4 amide bonds.